The number of β-amino-alcohol motifs (C(OH)–C–C–N with tert-alkyl or cyclic N) is 1. The molecule has 1 fully saturated rings. The van der Waals surface area contributed by atoms with E-state index in [2.05, 4.69) is 5.32 Å². The number of benzene rings is 1. The number of aliphatic hydroxyl groups is 1. The van der Waals surface area contributed by atoms with Crippen LogP contribution < -0.4 is 10.1 Å². The Morgan fingerprint density at radius 1 is 1.42 bits per heavy atom. The molecule has 2 N–H and O–H groups in total. The monoisotopic (exact) mass is 336 g/mol. The number of likely N-dealkylation sites (tertiary alicyclic amines) is 1. The molecule has 1 unspecified atom stereocenters. The summed E-state index contributed by atoms with van der Waals surface area (Å²) < 4.78 is 10.7. The zero-order valence-corrected chi connectivity index (χ0v) is 14.8. The molecule has 1 heterocycles. The fourth-order valence-electron chi connectivity index (χ4n) is 2.85. The maximum absolute atomic E-state index is 12.3. The van der Waals surface area contributed by atoms with Crippen molar-refractivity contribution in [2.75, 3.05) is 33.4 Å². The zero-order chi connectivity index (χ0) is 17.6. The molecule has 0 aromatic heterocycles. The van der Waals surface area contributed by atoms with E-state index in [4.69, 9.17) is 9.47 Å². The number of carbonyl (C=O) groups excluding carboxylic acids is 1. The van der Waals surface area contributed by atoms with Gasteiger partial charge in [0.05, 0.1) is 18.8 Å². The first-order valence-electron chi connectivity index (χ1n) is 8.38. The molecule has 6 nitrogen and oxygen atoms in total. The van der Waals surface area contributed by atoms with E-state index >= 15 is 0 Å². The second-order valence-electron chi connectivity index (χ2n) is 6.63. The highest BCUT2D eigenvalue weighted by Crippen LogP contribution is 2.22. The molecule has 1 aromatic carbocycles. The summed E-state index contributed by atoms with van der Waals surface area (Å²) in [6, 6.07) is 5.77. The Kier molecular flexibility index (Phi) is 6.45. The first-order chi connectivity index (χ1) is 11.4. The summed E-state index contributed by atoms with van der Waals surface area (Å²) in [5, 5.41) is 13.0. The predicted octanol–water partition coefficient (Wildman–Crippen LogP) is 2.08. The molecule has 1 aromatic rings. The molecule has 0 bridgehead atoms. The minimum absolute atomic E-state index is 0.154. The van der Waals surface area contributed by atoms with Crippen molar-refractivity contribution in [3.63, 3.8) is 0 Å². The van der Waals surface area contributed by atoms with E-state index in [9.17, 15) is 9.90 Å². The molecule has 0 spiro atoms. The molecule has 1 saturated heterocycles. The number of nitrogens with one attached hydrogen (secondary N) is 1. The van der Waals surface area contributed by atoms with Crippen LogP contribution in [0, 0.1) is 6.92 Å². The Balaban J connectivity index is 1.94. The summed E-state index contributed by atoms with van der Waals surface area (Å²) in [7, 11) is 1.63. The molecule has 1 aliphatic heterocycles. The van der Waals surface area contributed by atoms with Crippen molar-refractivity contribution in [3.05, 3.63) is 29.3 Å². The van der Waals surface area contributed by atoms with Gasteiger partial charge < -0.3 is 24.8 Å². The standard InChI is InChI=1S/C18H28N2O4/c1-14-5-6-15(16(11-14)24-10-9-23-3)12-19-17(21)20-8-4-7-18(2,22)13-20/h5-6,11,22H,4,7-10,12-13H2,1-3H3,(H,19,21). The van der Waals surface area contributed by atoms with E-state index in [0.29, 0.717) is 32.8 Å². The Morgan fingerprint density at radius 3 is 2.92 bits per heavy atom. The van der Waals surface area contributed by atoms with Gasteiger partial charge in [-0.15, -0.1) is 0 Å². The number of carbonyl (C=O) groups is 1. The molecule has 0 saturated carbocycles. The van der Waals surface area contributed by atoms with Gasteiger partial charge >= 0.3 is 6.03 Å². The number of methoxy groups -OCH3 is 1. The number of nitrogens with zero attached hydrogens (tertiary/aromatic N) is 1. The van der Waals surface area contributed by atoms with Gasteiger partial charge in [-0.05, 0) is 38.3 Å². The molecule has 6 heteroatoms. The van der Waals surface area contributed by atoms with E-state index in [1.165, 1.54) is 0 Å². The molecular weight excluding hydrogens is 308 g/mol. The number of aryl methyl sites for hydroxylation is 1. The van der Waals surface area contributed by atoms with E-state index in [1.54, 1.807) is 18.9 Å². The van der Waals surface area contributed by atoms with Crippen LogP contribution in [0.5, 0.6) is 5.75 Å². The lowest BCUT2D eigenvalue weighted by atomic mass is 9.95. The molecule has 0 radical (unpaired) electrons. The highest BCUT2D eigenvalue weighted by molar-refractivity contribution is 5.74. The van der Waals surface area contributed by atoms with Gasteiger partial charge in [0.25, 0.3) is 0 Å². The van der Waals surface area contributed by atoms with Crippen molar-refractivity contribution in [1.82, 2.24) is 10.2 Å². The Bertz CT molecular complexity index is 560. The third kappa shape index (κ3) is 5.39. The summed E-state index contributed by atoms with van der Waals surface area (Å²) in [5.41, 5.74) is 1.23. The molecule has 1 aliphatic rings. The largest absolute Gasteiger partial charge is 0.491 e. The van der Waals surface area contributed by atoms with Crippen molar-refractivity contribution >= 4 is 6.03 Å². The summed E-state index contributed by atoms with van der Waals surface area (Å²) in [4.78, 5) is 14.0. The van der Waals surface area contributed by atoms with Crippen molar-refractivity contribution in [1.29, 1.82) is 0 Å². The highest BCUT2D eigenvalue weighted by Gasteiger charge is 2.30. The van der Waals surface area contributed by atoms with Gasteiger partial charge in [0.15, 0.2) is 0 Å². The van der Waals surface area contributed by atoms with Crippen molar-refractivity contribution in [3.8, 4) is 5.75 Å². The van der Waals surface area contributed by atoms with Crippen molar-refractivity contribution in [2.24, 2.45) is 0 Å². The minimum atomic E-state index is -0.798. The highest BCUT2D eigenvalue weighted by atomic mass is 16.5. The molecule has 1 atom stereocenters. The summed E-state index contributed by atoms with van der Waals surface area (Å²) in [5.74, 6) is 0.762. The number of hydrogen-bond acceptors (Lipinski definition) is 4. The van der Waals surface area contributed by atoms with Crippen LogP contribution in [0.1, 0.15) is 30.9 Å². The SMILES string of the molecule is COCCOc1cc(C)ccc1CNC(=O)N1CCCC(C)(O)C1. The van der Waals surface area contributed by atoms with Gasteiger partial charge in [0, 0.05) is 25.8 Å². The molecule has 2 rings (SSSR count). The fourth-order valence-corrected chi connectivity index (χ4v) is 2.85. The zero-order valence-electron chi connectivity index (χ0n) is 14.8. The van der Waals surface area contributed by atoms with E-state index < -0.39 is 5.60 Å². The van der Waals surface area contributed by atoms with Crippen LogP contribution in [-0.4, -0.2) is 55.1 Å². The van der Waals surface area contributed by atoms with Crippen LogP contribution in [-0.2, 0) is 11.3 Å². The first kappa shape index (κ1) is 18.5. The van der Waals surface area contributed by atoms with Crippen LogP contribution in [0.2, 0.25) is 0 Å². The van der Waals surface area contributed by atoms with Gasteiger partial charge in [0.1, 0.15) is 12.4 Å². The van der Waals surface area contributed by atoms with E-state index in [-0.39, 0.29) is 6.03 Å². The third-order valence-corrected chi connectivity index (χ3v) is 4.16. The normalized spacial score (nSPS) is 20.8. The Morgan fingerprint density at radius 2 is 2.21 bits per heavy atom. The molecule has 134 valence electrons. The first-order valence-corrected chi connectivity index (χ1v) is 8.38. The number of hydrogen-bond donors (Lipinski definition) is 2. The van der Waals surface area contributed by atoms with Crippen LogP contribution in [0.25, 0.3) is 0 Å². The smallest absolute Gasteiger partial charge is 0.317 e. The lowest BCUT2D eigenvalue weighted by Gasteiger charge is -2.36. The molecule has 2 amide bonds. The quantitative estimate of drug-likeness (QED) is 0.780. The topological polar surface area (TPSA) is 71.0 Å². The Labute approximate surface area is 143 Å². The molecule has 0 aliphatic carbocycles. The lowest BCUT2D eigenvalue weighted by molar-refractivity contribution is -0.00253. The van der Waals surface area contributed by atoms with Gasteiger partial charge in [-0.1, -0.05) is 12.1 Å². The molecular formula is C18H28N2O4. The van der Waals surface area contributed by atoms with Gasteiger partial charge in [-0.2, -0.15) is 0 Å². The van der Waals surface area contributed by atoms with Gasteiger partial charge in [0.2, 0.25) is 0 Å². The van der Waals surface area contributed by atoms with Gasteiger partial charge in [-0.25, -0.2) is 4.79 Å². The number of amides is 2. The predicted molar refractivity (Wildman–Crippen MR) is 92.2 cm³/mol. The summed E-state index contributed by atoms with van der Waals surface area (Å²) in [6.07, 6.45) is 1.54. The van der Waals surface area contributed by atoms with Crippen LogP contribution in [0.3, 0.4) is 0 Å². The minimum Gasteiger partial charge on any atom is -0.491 e. The number of urea groups is 1. The van der Waals surface area contributed by atoms with Gasteiger partial charge in [-0.3, -0.25) is 0 Å². The second kappa shape index (κ2) is 8.35. The number of piperidine rings is 1. The second-order valence-corrected chi connectivity index (χ2v) is 6.63. The van der Waals surface area contributed by atoms with E-state index in [0.717, 1.165) is 29.7 Å². The summed E-state index contributed by atoms with van der Waals surface area (Å²) in [6.45, 7) is 6.19. The maximum Gasteiger partial charge on any atom is 0.317 e. The van der Waals surface area contributed by atoms with Crippen molar-refractivity contribution < 1.29 is 19.4 Å². The van der Waals surface area contributed by atoms with E-state index in [1.807, 2.05) is 25.1 Å². The lowest BCUT2D eigenvalue weighted by Crippen LogP contribution is -2.51. The van der Waals surface area contributed by atoms with Crippen molar-refractivity contribution in [2.45, 2.75) is 38.8 Å². The maximum atomic E-state index is 12.3. The fraction of sp³-hybridized carbons (Fsp3) is 0.611. The summed E-state index contributed by atoms with van der Waals surface area (Å²) >= 11 is 0. The van der Waals surface area contributed by atoms with Crippen LogP contribution in [0.4, 0.5) is 4.79 Å². The average molecular weight is 336 g/mol. The number of rotatable bonds is 6. The third-order valence-electron chi connectivity index (χ3n) is 4.16. The van der Waals surface area contributed by atoms with Crippen LogP contribution in [0.15, 0.2) is 18.2 Å². The average Bonchev–Trinajstić information content (AvgIpc) is 2.53. The number of ether oxygens (including phenoxy) is 2. The molecule has 24 heavy (non-hydrogen) atoms. The Hall–Kier alpha value is -1.79. The van der Waals surface area contributed by atoms with Crippen LogP contribution >= 0.6 is 0 Å².